The number of nitrogens with zero attached hydrogens (tertiary/aromatic N) is 7. The van der Waals surface area contributed by atoms with Crippen LogP contribution in [0.25, 0.3) is 32.9 Å². The molecule has 15 heteroatoms. The number of nitrogens with one attached hydrogen (secondary N) is 2. The van der Waals surface area contributed by atoms with Crippen LogP contribution in [0.5, 0.6) is 11.8 Å². The van der Waals surface area contributed by atoms with Gasteiger partial charge in [-0.25, -0.2) is 4.39 Å². The highest BCUT2D eigenvalue weighted by atomic mass is 19.1. The quantitative estimate of drug-likeness (QED) is 0.131. The number of phenols is 1. The number of hydrogen-bond acceptors (Lipinski definition) is 12. The summed E-state index contributed by atoms with van der Waals surface area (Å²) in [5, 5.41) is 19.1. The normalized spacial score (nSPS) is 24.5. The van der Waals surface area contributed by atoms with Crippen LogP contribution in [0.15, 0.2) is 54.7 Å². The third kappa shape index (κ3) is 7.71. The highest BCUT2D eigenvalue weighted by Crippen LogP contribution is 2.49. The van der Waals surface area contributed by atoms with Crippen molar-refractivity contribution in [3.05, 3.63) is 77.2 Å². The summed E-state index contributed by atoms with van der Waals surface area (Å²) in [6.45, 7) is 9.44. The molecule has 7 aliphatic rings. The van der Waals surface area contributed by atoms with Gasteiger partial charge < -0.3 is 34.8 Å². The molecule has 3 unspecified atom stereocenters. The van der Waals surface area contributed by atoms with Crippen LogP contribution in [-0.4, -0.2) is 118 Å². The maximum Gasteiger partial charge on any atom is 0.319 e. The lowest BCUT2D eigenvalue weighted by atomic mass is 9.71. The van der Waals surface area contributed by atoms with E-state index in [0.29, 0.717) is 59.4 Å². The standard InChI is InChI=1S/C52H58FN9O5/c1-2-31-4-3-5-32-23-37(63)24-39(43(31)32)45-44(53)46-40(25-54-45)47(61-27-34-6-7-35(28-61)55-34)58-50(57-46)67-30-52(12-13-52)29-59-18-14-51(15-19-59)16-20-60(21-17-51)36-8-9-38-33(22-36)26-62(49(38)66)41-10-11-42(64)56-48(41)65/h3-5,8-9,22-25,34-35,41,55,63H,2,6-7,10-21,26-30H2,1H3,(H,56,64,65). The smallest absolute Gasteiger partial charge is 0.319 e. The summed E-state index contributed by atoms with van der Waals surface area (Å²) in [5.74, 6) is -0.631. The van der Waals surface area contributed by atoms with Crippen molar-refractivity contribution in [3.63, 3.8) is 0 Å². The molecular weight excluding hydrogens is 850 g/mol. The van der Waals surface area contributed by atoms with Gasteiger partial charge in [0, 0.05) is 86.2 Å². The molecule has 3 aromatic carbocycles. The van der Waals surface area contributed by atoms with Crippen LogP contribution < -0.4 is 25.2 Å². The Kier molecular flexibility index (Phi) is 10.4. The topological polar surface area (TPSA) is 156 Å². The van der Waals surface area contributed by atoms with Gasteiger partial charge in [0.15, 0.2) is 5.82 Å². The molecule has 2 bridgehead atoms. The number of hydrogen-bond donors (Lipinski definition) is 3. The summed E-state index contributed by atoms with van der Waals surface area (Å²) in [7, 11) is 0. The van der Waals surface area contributed by atoms with E-state index >= 15 is 4.39 Å². The molecule has 67 heavy (non-hydrogen) atoms. The van der Waals surface area contributed by atoms with Crippen molar-refractivity contribution in [3.8, 4) is 23.0 Å². The summed E-state index contributed by atoms with van der Waals surface area (Å²) < 4.78 is 23.8. The van der Waals surface area contributed by atoms with E-state index in [1.807, 2.05) is 30.3 Å². The highest BCUT2D eigenvalue weighted by Gasteiger charge is 2.47. The number of anilines is 2. The van der Waals surface area contributed by atoms with Gasteiger partial charge in [0.2, 0.25) is 11.8 Å². The molecule has 1 aliphatic carbocycles. The minimum Gasteiger partial charge on any atom is -0.508 e. The van der Waals surface area contributed by atoms with Crippen molar-refractivity contribution in [2.75, 3.05) is 62.2 Å². The highest BCUT2D eigenvalue weighted by molar-refractivity contribution is 6.06. The predicted molar refractivity (Wildman–Crippen MR) is 253 cm³/mol. The van der Waals surface area contributed by atoms with E-state index in [0.717, 1.165) is 131 Å². The number of piperazine rings is 1. The number of ether oxygens (including phenoxy) is 1. The van der Waals surface area contributed by atoms with Crippen molar-refractivity contribution < 1.29 is 28.6 Å². The van der Waals surface area contributed by atoms with Crippen molar-refractivity contribution in [1.29, 1.82) is 0 Å². The Morgan fingerprint density at radius 3 is 2.40 bits per heavy atom. The van der Waals surface area contributed by atoms with E-state index < -0.39 is 11.9 Å². The molecular formula is C52H58FN9O5. The van der Waals surface area contributed by atoms with Crippen LogP contribution in [0.4, 0.5) is 15.9 Å². The SMILES string of the molecule is CCc1cccc2cc(O)cc(-c3ncc4c(N5CC6CCC(C5)N6)nc(OCC5(CN6CCC7(CC6)CCN(c6ccc8c(c6)CN(C6CCC(=O)NC6=O)C8=O)CC7)CC5)nc4c3F)c12. The molecule has 1 spiro atoms. The van der Waals surface area contributed by atoms with Gasteiger partial charge in [0.25, 0.3) is 5.91 Å². The second-order valence-electron chi connectivity index (χ2n) is 20.7. The number of likely N-dealkylation sites (tertiary alicyclic amines) is 1. The number of benzene rings is 3. The lowest BCUT2D eigenvalue weighted by Crippen LogP contribution is -2.52. The number of pyridine rings is 1. The van der Waals surface area contributed by atoms with E-state index in [9.17, 15) is 19.5 Å². The number of aryl methyl sites for hydroxylation is 1. The monoisotopic (exact) mass is 907 g/mol. The predicted octanol–water partition coefficient (Wildman–Crippen LogP) is 6.50. The summed E-state index contributed by atoms with van der Waals surface area (Å²) >= 11 is 0. The fourth-order valence-electron chi connectivity index (χ4n) is 12.4. The average molecular weight is 908 g/mol. The average Bonchev–Trinajstić information content (AvgIpc) is 3.91. The first-order chi connectivity index (χ1) is 32.5. The first-order valence-corrected chi connectivity index (χ1v) is 24.5. The molecule has 0 radical (unpaired) electrons. The number of rotatable bonds is 10. The molecule has 14 nitrogen and oxygen atoms in total. The largest absolute Gasteiger partial charge is 0.508 e. The Bertz CT molecular complexity index is 2820. The zero-order valence-electron chi connectivity index (χ0n) is 38.2. The fourth-order valence-corrected chi connectivity index (χ4v) is 12.4. The molecule has 3 N–H and O–H groups in total. The van der Waals surface area contributed by atoms with Crippen LogP contribution in [-0.2, 0) is 22.6 Å². The number of aromatic nitrogens is 3. The number of phenolic OH excluding ortho intramolecular Hbond substituents is 1. The number of carbonyl (C=O) groups is 3. The summed E-state index contributed by atoms with van der Waals surface area (Å²) in [4.78, 5) is 61.1. The van der Waals surface area contributed by atoms with Gasteiger partial charge in [-0.3, -0.25) is 24.7 Å². The van der Waals surface area contributed by atoms with Gasteiger partial charge >= 0.3 is 6.01 Å². The van der Waals surface area contributed by atoms with E-state index in [2.05, 4.69) is 38.3 Å². The summed E-state index contributed by atoms with van der Waals surface area (Å²) in [6.07, 6.45) is 12.0. The van der Waals surface area contributed by atoms with E-state index in [1.54, 1.807) is 23.2 Å². The van der Waals surface area contributed by atoms with E-state index in [1.165, 1.54) is 0 Å². The number of halogens is 1. The number of carbonyl (C=O) groups excluding carboxylic acids is 3. The zero-order chi connectivity index (χ0) is 45.6. The summed E-state index contributed by atoms with van der Waals surface area (Å²) in [5.41, 5.74) is 4.96. The van der Waals surface area contributed by atoms with Gasteiger partial charge in [-0.15, -0.1) is 0 Å². The molecule has 12 rings (SSSR count). The van der Waals surface area contributed by atoms with Gasteiger partial charge in [0.05, 0.1) is 12.0 Å². The first kappa shape index (κ1) is 42.4. The molecule has 6 aliphatic heterocycles. The Labute approximate surface area is 389 Å². The molecule has 5 saturated heterocycles. The number of piperidine rings is 3. The molecule has 2 aromatic heterocycles. The Morgan fingerprint density at radius 1 is 0.881 bits per heavy atom. The maximum absolute atomic E-state index is 17.2. The second-order valence-corrected chi connectivity index (χ2v) is 20.7. The van der Waals surface area contributed by atoms with Crippen LogP contribution >= 0.6 is 0 Å². The molecule has 8 heterocycles. The molecule has 348 valence electrons. The van der Waals surface area contributed by atoms with Crippen molar-refractivity contribution >= 4 is 50.9 Å². The molecule has 3 amide bonds. The molecule has 5 aromatic rings. The lowest BCUT2D eigenvalue weighted by molar-refractivity contribution is -0.136. The maximum atomic E-state index is 17.2. The fraction of sp³-hybridized carbons (Fsp3) is 0.500. The van der Waals surface area contributed by atoms with Crippen LogP contribution in [0.1, 0.15) is 92.6 Å². The number of fused-ring (bicyclic) bond motifs is 5. The Balaban J connectivity index is 0.718. The van der Waals surface area contributed by atoms with Crippen LogP contribution in [0, 0.1) is 16.6 Å². The van der Waals surface area contributed by atoms with Gasteiger partial charge in [-0.05, 0) is 135 Å². The van der Waals surface area contributed by atoms with Crippen molar-refractivity contribution in [1.82, 2.24) is 35.4 Å². The summed E-state index contributed by atoms with van der Waals surface area (Å²) in [6, 6.07) is 15.6. The van der Waals surface area contributed by atoms with Crippen molar-refractivity contribution in [2.24, 2.45) is 10.8 Å². The second kappa shape index (κ2) is 16.4. The number of amides is 3. The van der Waals surface area contributed by atoms with E-state index in [4.69, 9.17) is 19.7 Å². The lowest BCUT2D eigenvalue weighted by Gasteiger charge is -2.48. The molecule has 3 atom stereocenters. The van der Waals surface area contributed by atoms with Crippen LogP contribution in [0.2, 0.25) is 0 Å². The van der Waals surface area contributed by atoms with Gasteiger partial charge in [0.1, 0.15) is 28.8 Å². The Morgan fingerprint density at radius 2 is 1.66 bits per heavy atom. The minimum atomic E-state index is -0.610. The van der Waals surface area contributed by atoms with E-state index in [-0.39, 0.29) is 52.5 Å². The third-order valence-electron chi connectivity index (χ3n) is 16.5. The van der Waals surface area contributed by atoms with Gasteiger partial charge in [-0.2, -0.15) is 9.97 Å². The van der Waals surface area contributed by atoms with Gasteiger partial charge in [-0.1, -0.05) is 25.1 Å². The molecule has 1 saturated carbocycles. The third-order valence-corrected chi connectivity index (χ3v) is 16.5. The Hall–Kier alpha value is -5.93. The minimum absolute atomic E-state index is 0.00221. The first-order valence-electron chi connectivity index (χ1n) is 24.5. The number of aromatic hydroxyl groups is 1. The number of imide groups is 1. The molecule has 6 fully saturated rings. The zero-order valence-corrected chi connectivity index (χ0v) is 38.2. The van der Waals surface area contributed by atoms with Crippen molar-refractivity contribution in [2.45, 2.75) is 102 Å². The van der Waals surface area contributed by atoms with Crippen LogP contribution in [0.3, 0.4) is 0 Å².